The fraction of sp³-hybridized carbons (Fsp3) is 0.0714. The van der Waals surface area contributed by atoms with Crippen molar-refractivity contribution >= 4 is 38.9 Å². The van der Waals surface area contributed by atoms with Gasteiger partial charge in [-0.15, -0.1) is 0 Å². The standard InChI is InChI=1S/C14H10BrClN2/c1-9-6-12(16)3-5-13(9)18-14-4-2-11(15)7-10(14)8-17/h2-7,18H,1H3. The highest BCUT2D eigenvalue weighted by atomic mass is 79.9. The molecule has 0 bridgehead atoms. The zero-order valence-electron chi connectivity index (χ0n) is 9.67. The Labute approximate surface area is 119 Å². The Bertz CT molecular complexity index is 632. The van der Waals surface area contributed by atoms with Crippen LogP contribution in [0.1, 0.15) is 11.1 Å². The molecule has 0 heterocycles. The average molecular weight is 322 g/mol. The van der Waals surface area contributed by atoms with E-state index in [1.807, 2.05) is 37.3 Å². The van der Waals surface area contributed by atoms with Gasteiger partial charge in [-0.1, -0.05) is 27.5 Å². The monoisotopic (exact) mass is 320 g/mol. The molecule has 0 spiro atoms. The number of benzene rings is 2. The van der Waals surface area contributed by atoms with E-state index < -0.39 is 0 Å². The molecule has 90 valence electrons. The highest BCUT2D eigenvalue weighted by molar-refractivity contribution is 9.10. The van der Waals surface area contributed by atoms with Gasteiger partial charge in [0.1, 0.15) is 6.07 Å². The summed E-state index contributed by atoms with van der Waals surface area (Å²) in [6.45, 7) is 1.97. The summed E-state index contributed by atoms with van der Waals surface area (Å²) in [6, 6.07) is 13.3. The normalized spacial score (nSPS) is 9.89. The minimum Gasteiger partial charge on any atom is -0.354 e. The van der Waals surface area contributed by atoms with Crippen molar-refractivity contribution in [1.29, 1.82) is 5.26 Å². The van der Waals surface area contributed by atoms with Crippen LogP contribution in [0.4, 0.5) is 11.4 Å². The van der Waals surface area contributed by atoms with E-state index in [-0.39, 0.29) is 0 Å². The van der Waals surface area contributed by atoms with Gasteiger partial charge in [0.2, 0.25) is 0 Å². The summed E-state index contributed by atoms with van der Waals surface area (Å²) < 4.78 is 0.887. The zero-order valence-corrected chi connectivity index (χ0v) is 12.0. The molecule has 0 amide bonds. The summed E-state index contributed by atoms with van der Waals surface area (Å²) in [5.74, 6) is 0. The van der Waals surface area contributed by atoms with Crippen LogP contribution in [0.2, 0.25) is 5.02 Å². The van der Waals surface area contributed by atoms with Gasteiger partial charge < -0.3 is 5.32 Å². The SMILES string of the molecule is Cc1cc(Cl)ccc1Nc1ccc(Br)cc1C#N. The molecule has 0 aliphatic heterocycles. The van der Waals surface area contributed by atoms with E-state index in [0.717, 1.165) is 21.4 Å². The van der Waals surface area contributed by atoms with E-state index in [0.29, 0.717) is 10.6 Å². The molecule has 2 nitrogen and oxygen atoms in total. The number of anilines is 2. The first-order chi connectivity index (χ1) is 8.60. The molecule has 2 rings (SSSR count). The van der Waals surface area contributed by atoms with Gasteiger partial charge in [0.25, 0.3) is 0 Å². The number of halogens is 2. The van der Waals surface area contributed by atoms with E-state index in [4.69, 9.17) is 16.9 Å². The van der Waals surface area contributed by atoms with Crippen molar-refractivity contribution in [2.45, 2.75) is 6.92 Å². The Hall–Kier alpha value is -1.50. The summed E-state index contributed by atoms with van der Waals surface area (Å²) >= 11 is 9.26. The second kappa shape index (κ2) is 5.43. The fourth-order valence-electron chi connectivity index (χ4n) is 1.63. The Morgan fingerprint density at radius 2 is 1.89 bits per heavy atom. The Morgan fingerprint density at radius 3 is 2.56 bits per heavy atom. The van der Waals surface area contributed by atoms with E-state index >= 15 is 0 Å². The molecular weight excluding hydrogens is 312 g/mol. The molecular formula is C14H10BrClN2. The maximum atomic E-state index is 9.10. The first-order valence-electron chi connectivity index (χ1n) is 5.33. The van der Waals surface area contributed by atoms with Crippen molar-refractivity contribution in [3.05, 3.63) is 57.0 Å². The van der Waals surface area contributed by atoms with Gasteiger partial charge in [-0.3, -0.25) is 0 Å². The Kier molecular flexibility index (Phi) is 3.90. The average Bonchev–Trinajstić information content (AvgIpc) is 2.34. The summed E-state index contributed by atoms with van der Waals surface area (Å²) in [7, 11) is 0. The van der Waals surface area contributed by atoms with Gasteiger partial charge in [-0.2, -0.15) is 5.26 Å². The van der Waals surface area contributed by atoms with Crippen molar-refractivity contribution in [3.63, 3.8) is 0 Å². The minimum absolute atomic E-state index is 0.596. The largest absolute Gasteiger partial charge is 0.354 e. The summed E-state index contributed by atoms with van der Waals surface area (Å²) in [5.41, 5.74) is 3.36. The van der Waals surface area contributed by atoms with E-state index in [1.165, 1.54) is 0 Å². The van der Waals surface area contributed by atoms with Crippen LogP contribution in [0.15, 0.2) is 40.9 Å². The molecule has 2 aromatic rings. The lowest BCUT2D eigenvalue weighted by Gasteiger charge is -2.11. The Balaban J connectivity index is 2.37. The Morgan fingerprint density at radius 1 is 1.17 bits per heavy atom. The van der Waals surface area contributed by atoms with Gasteiger partial charge in [0.05, 0.1) is 11.3 Å². The van der Waals surface area contributed by atoms with Crippen LogP contribution in [-0.4, -0.2) is 0 Å². The second-order valence-electron chi connectivity index (χ2n) is 3.89. The predicted octanol–water partition coefficient (Wildman–Crippen LogP) is 5.03. The van der Waals surface area contributed by atoms with Gasteiger partial charge in [0, 0.05) is 15.2 Å². The van der Waals surface area contributed by atoms with Gasteiger partial charge in [0.15, 0.2) is 0 Å². The molecule has 0 saturated heterocycles. The minimum atomic E-state index is 0.596. The molecule has 0 atom stereocenters. The molecule has 4 heteroatoms. The van der Waals surface area contributed by atoms with Gasteiger partial charge in [-0.05, 0) is 48.9 Å². The van der Waals surface area contributed by atoms with Crippen molar-refractivity contribution in [1.82, 2.24) is 0 Å². The van der Waals surface area contributed by atoms with E-state index in [2.05, 4.69) is 27.3 Å². The molecule has 2 aromatic carbocycles. The third-order valence-electron chi connectivity index (χ3n) is 2.56. The molecule has 0 aliphatic rings. The quantitative estimate of drug-likeness (QED) is 0.842. The van der Waals surface area contributed by atoms with Gasteiger partial charge in [-0.25, -0.2) is 0 Å². The van der Waals surface area contributed by atoms with Crippen LogP contribution < -0.4 is 5.32 Å². The summed E-state index contributed by atoms with van der Waals surface area (Å²) in [4.78, 5) is 0. The third-order valence-corrected chi connectivity index (χ3v) is 3.29. The van der Waals surface area contributed by atoms with Crippen LogP contribution in [-0.2, 0) is 0 Å². The molecule has 0 aromatic heterocycles. The molecule has 1 N–H and O–H groups in total. The topological polar surface area (TPSA) is 35.8 Å². The summed E-state index contributed by atoms with van der Waals surface area (Å²) in [5, 5.41) is 13.0. The lowest BCUT2D eigenvalue weighted by molar-refractivity contribution is 1.41. The lowest BCUT2D eigenvalue weighted by atomic mass is 10.1. The van der Waals surface area contributed by atoms with Crippen LogP contribution in [0.5, 0.6) is 0 Å². The summed E-state index contributed by atoms with van der Waals surface area (Å²) in [6.07, 6.45) is 0. The smallest absolute Gasteiger partial charge is 0.101 e. The van der Waals surface area contributed by atoms with E-state index in [9.17, 15) is 0 Å². The lowest BCUT2D eigenvalue weighted by Crippen LogP contribution is -1.95. The van der Waals surface area contributed by atoms with Crippen molar-refractivity contribution in [2.24, 2.45) is 0 Å². The first kappa shape index (κ1) is 12.9. The second-order valence-corrected chi connectivity index (χ2v) is 5.24. The first-order valence-corrected chi connectivity index (χ1v) is 6.50. The molecule has 0 aliphatic carbocycles. The van der Waals surface area contributed by atoms with Crippen LogP contribution in [0, 0.1) is 18.3 Å². The van der Waals surface area contributed by atoms with Gasteiger partial charge >= 0.3 is 0 Å². The van der Waals surface area contributed by atoms with Crippen molar-refractivity contribution < 1.29 is 0 Å². The highest BCUT2D eigenvalue weighted by Crippen LogP contribution is 2.27. The number of aryl methyl sites for hydroxylation is 1. The van der Waals surface area contributed by atoms with Crippen molar-refractivity contribution in [3.8, 4) is 6.07 Å². The zero-order chi connectivity index (χ0) is 13.1. The maximum Gasteiger partial charge on any atom is 0.101 e. The predicted molar refractivity (Wildman–Crippen MR) is 78.3 cm³/mol. The number of nitrogens with one attached hydrogen (secondary N) is 1. The molecule has 0 saturated carbocycles. The molecule has 0 fully saturated rings. The fourth-order valence-corrected chi connectivity index (χ4v) is 2.22. The third kappa shape index (κ3) is 2.84. The number of nitriles is 1. The highest BCUT2D eigenvalue weighted by Gasteiger charge is 2.05. The number of rotatable bonds is 2. The molecule has 0 unspecified atom stereocenters. The van der Waals surface area contributed by atoms with Crippen molar-refractivity contribution in [2.75, 3.05) is 5.32 Å². The number of hydrogen-bond acceptors (Lipinski definition) is 2. The molecule has 18 heavy (non-hydrogen) atoms. The van der Waals surface area contributed by atoms with Crippen LogP contribution in [0.25, 0.3) is 0 Å². The molecule has 0 radical (unpaired) electrons. The van der Waals surface area contributed by atoms with Crippen LogP contribution >= 0.6 is 27.5 Å². The van der Waals surface area contributed by atoms with Crippen LogP contribution in [0.3, 0.4) is 0 Å². The number of nitrogens with zero attached hydrogens (tertiary/aromatic N) is 1. The van der Waals surface area contributed by atoms with E-state index in [1.54, 1.807) is 6.07 Å². The number of hydrogen-bond donors (Lipinski definition) is 1. The maximum absolute atomic E-state index is 9.10.